The van der Waals surface area contributed by atoms with E-state index in [9.17, 15) is 9.90 Å². The number of aromatic nitrogens is 1. The minimum absolute atomic E-state index is 0.00858. The maximum atomic E-state index is 11.5. The lowest BCUT2D eigenvalue weighted by Crippen LogP contribution is -2.15. The van der Waals surface area contributed by atoms with Crippen molar-refractivity contribution in [3.63, 3.8) is 0 Å². The van der Waals surface area contributed by atoms with Gasteiger partial charge in [0.1, 0.15) is 11.4 Å². The number of aryl methyl sites for hydroxylation is 1. The maximum absolute atomic E-state index is 11.5. The molecular weight excluding hydrogens is 400 g/mol. The van der Waals surface area contributed by atoms with Gasteiger partial charge in [-0.2, -0.15) is 0 Å². The third-order valence-corrected chi connectivity index (χ3v) is 5.07. The highest BCUT2D eigenvalue weighted by atomic mass is 35.5. The molecule has 0 bridgehead atoms. The van der Waals surface area contributed by atoms with Crippen LogP contribution in [-0.4, -0.2) is 48.2 Å². The standard InChI is InChI=1S/C24H25ClN2O3/c1-16-7-4-5-8-18(16)19-10-12-21(24(28)29)26-23(19)17-9-11-20(25)22(15-17)30-14-6-13-27(2)3/h4-5,7-12,15H,6,13-14H2,1-3H3,(H,28,29). The Kier molecular flexibility index (Phi) is 7.08. The average Bonchev–Trinajstić information content (AvgIpc) is 2.72. The Morgan fingerprint density at radius 1 is 1.10 bits per heavy atom. The molecule has 0 saturated heterocycles. The van der Waals surface area contributed by atoms with Gasteiger partial charge in [0.2, 0.25) is 0 Å². The van der Waals surface area contributed by atoms with Gasteiger partial charge in [0, 0.05) is 17.7 Å². The highest BCUT2D eigenvalue weighted by molar-refractivity contribution is 6.32. The van der Waals surface area contributed by atoms with Gasteiger partial charge in [-0.1, -0.05) is 41.9 Å². The summed E-state index contributed by atoms with van der Waals surface area (Å²) in [4.78, 5) is 18.1. The lowest BCUT2D eigenvalue weighted by atomic mass is 9.95. The van der Waals surface area contributed by atoms with Crippen molar-refractivity contribution < 1.29 is 14.6 Å². The van der Waals surface area contributed by atoms with Crippen LogP contribution in [0.4, 0.5) is 0 Å². The molecule has 0 aliphatic rings. The quantitative estimate of drug-likeness (QED) is 0.490. The van der Waals surface area contributed by atoms with Crippen LogP contribution >= 0.6 is 11.6 Å². The van der Waals surface area contributed by atoms with E-state index in [1.807, 2.05) is 57.4 Å². The molecular formula is C24H25ClN2O3. The number of rotatable bonds is 8. The molecule has 156 valence electrons. The predicted octanol–water partition coefficient (Wildman–Crippen LogP) is 5.41. The van der Waals surface area contributed by atoms with Crippen molar-refractivity contribution in [2.24, 2.45) is 0 Å². The molecule has 1 N–H and O–H groups in total. The van der Waals surface area contributed by atoms with Gasteiger partial charge in [-0.3, -0.25) is 0 Å². The van der Waals surface area contributed by atoms with Crippen LogP contribution in [-0.2, 0) is 0 Å². The zero-order chi connectivity index (χ0) is 21.7. The van der Waals surface area contributed by atoms with Gasteiger partial charge in [0.15, 0.2) is 0 Å². The number of pyridine rings is 1. The van der Waals surface area contributed by atoms with Crippen molar-refractivity contribution >= 4 is 17.6 Å². The van der Waals surface area contributed by atoms with E-state index in [-0.39, 0.29) is 5.69 Å². The number of benzene rings is 2. The molecule has 0 aliphatic carbocycles. The molecule has 3 aromatic rings. The average molecular weight is 425 g/mol. The molecule has 0 spiro atoms. The van der Waals surface area contributed by atoms with Gasteiger partial charge < -0.3 is 14.7 Å². The predicted molar refractivity (Wildman–Crippen MR) is 120 cm³/mol. The Labute approximate surface area is 181 Å². The lowest BCUT2D eigenvalue weighted by Gasteiger charge is -2.15. The Hall–Kier alpha value is -2.89. The summed E-state index contributed by atoms with van der Waals surface area (Å²) >= 11 is 6.34. The molecule has 0 fully saturated rings. The van der Waals surface area contributed by atoms with E-state index in [0.29, 0.717) is 23.1 Å². The minimum Gasteiger partial charge on any atom is -0.492 e. The third kappa shape index (κ3) is 5.17. The molecule has 0 radical (unpaired) electrons. The van der Waals surface area contributed by atoms with Gasteiger partial charge in [0.05, 0.1) is 17.3 Å². The van der Waals surface area contributed by atoms with Crippen LogP contribution in [0.5, 0.6) is 5.75 Å². The highest BCUT2D eigenvalue weighted by Gasteiger charge is 2.16. The van der Waals surface area contributed by atoms with Crippen LogP contribution in [0.2, 0.25) is 5.02 Å². The smallest absolute Gasteiger partial charge is 0.354 e. The largest absolute Gasteiger partial charge is 0.492 e. The first-order chi connectivity index (χ1) is 14.4. The molecule has 1 heterocycles. The number of halogens is 1. The minimum atomic E-state index is -1.07. The Bertz CT molecular complexity index is 1050. The molecule has 6 heteroatoms. The van der Waals surface area contributed by atoms with E-state index in [1.165, 1.54) is 6.07 Å². The van der Waals surface area contributed by atoms with E-state index in [2.05, 4.69) is 9.88 Å². The molecule has 0 atom stereocenters. The van der Waals surface area contributed by atoms with Crippen molar-refractivity contribution in [1.82, 2.24) is 9.88 Å². The van der Waals surface area contributed by atoms with Gasteiger partial charge in [-0.15, -0.1) is 0 Å². The third-order valence-electron chi connectivity index (χ3n) is 4.76. The number of aromatic carboxylic acids is 1. The van der Waals surface area contributed by atoms with E-state index in [0.717, 1.165) is 35.2 Å². The van der Waals surface area contributed by atoms with Gasteiger partial charge in [0.25, 0.3) is 0 Å². The van der Waals surface area contributed by atoms with Crippen LogP contribution in [0.3, 0.4) is 0 Å². The van der Waals surface area contributed by atoms with Gasteiger partial charge >= 0.3 is 5.97 Å². The Balaban J connectivity index is 2.03. The zero-order valence-corrected chi connectivity index (χ0v) is 18.1. The summed E-state index contributed by atoms with van der Waals surface area (Å²) in [6.07, 6.45) is 0.870. The van der Waals surface area contributed by atoms with Crippen molar-refractivity contribution in [3.05, 3.63) is 70.9 Å². The lowest BCUT2D eigenvalue weighted by molar-refractivity contribution is 0.0690. The van der Waals surface area contributed by atoms with Crippen molar-refractivity contribution in [1.29, 1.82) is 0 Å². The normalized spacial score (nSPS) is 11.0. The van der Waals surface area contributed by atoms with Crippen LogP contribution in [0, 0.1) is 6.92 Å². The fourth-order valence-corrected chi connectivity index (χ4v) is 3.39. The van der Waals surface area contributed by atoms with Crippen molar-refractivity contribution in [2.75, 3.05) is 27.2 Å². The molecule has 0 saturated carbocycles. The van der Waals surface area contributed by atoms with Crippen LogP contribution < -0.4 is 4.74 Å². The summed E-state index contributed by atoms with van der Waals surface area (Å²) in [5.41, 5.74) is 4.27. The molecule has 30 heavy (non-hydrogen) atoms. The highest BCUT2D eigenvalue weighted by Crippen LogP contribution is 2.36. The van der Waals surface area contributed by atoms with Gasteiger partial charge in [-0.05, 0) is 62.8 Å². The molecule has 0 aliphatic heterocycles. The molecule has 1 aromatic heterocycles. The summed E-state index contributed by atoms with van der Waals surface area (Å²) in [5, 5.41) is 9.96. The van der Waals surface area contributed by atoms with E-state index < -0.39 is 5.97 Å². The number of ether oxygens (including phenoxy) is 1. The van der Waals surface area contributed by atoms with E-state index in [1.54, 1.807) is 12.1 Å². The monoisotopic (exact) mass is 424 g/mol. The fourth-order valence-electron chi connectivity index (χ4n) is 3.21. The topological polar surface area (TPSA) is 62.7 Å². The number of hydrogen-bond acceptors (Lipinski definition) is 4. The Morgan fingerprint density at radius 2 is 1.87 bits per heavy atom. The molecule has 0 unspecified atom stereocenters. The summed E-state index contributed by atoms with van der Waals surface area (Å²) in [6.45, 7) is 3.47. The summed E-state index contributed by atoms with van der Waals surface area (Å²) in [7, 11) is 4.03. The van der Waals surface area contributed by atoms with Crippen LogP contribution in [0.25, 0.3) is 22.4 Å². The summed E-state index contributed by atoms with van der Waals surface area (Å²) in [5.74, 6) is -0.507. The van der Waals surface area contributed by atoms with Crippen molar-refractivity contribution in [3.8, 4) is 28.1 Å². The van der Waals surface area contributed by atoms with Gasteiger partial charge in [-0.25, -0.2) is 9.78 Å². The molecule has 0 amide bonds. The maximum Gasteiger partial charge on any atom is 0.354 e. The van der Waals surface area contributed by atoms with E-state index >= 15 is 0 Å². The second-order valence-corrected chi connectivity index (χ2v) is 7.77. The first-order valence-electron chi connectivity index (χ1n) is 9.74. The molecule has 3 rings (SSSR count). The fraction of sp³-hybridized carbons (Fsp3) is 0.250. The molecule has 5 nitrogen and oxygen atoms in total. The number of carboxylic acid groups (broad SMARTS) is 1. The van der Waals surface area contributed by atoms with E-state index in [4.69, 9.17) is 16.3 Å². The Morgan fingerprint density at radius 3 is 2.57 bits per heavy atom. The zero-order valence-electron chi connectivity index (χ0n) is 17.4. The first kappa shape index (κ1) is 21.8. The number of carboxylic acids is 1. The number of carbonyl (C=O) groups is 1. The van der Waals surface area contributed by atoms with Crippen LogP contribution in [0.1, 0.15) is 22.5 Å². The number of hydrogen-bond donors (Lipinski definition) is 1. The van der Waals surface area contributed by atoms with Crippen LogP contribution in [0.15, 0.2) is 54.6 Å². The second-order valence-electron chi connectivity index (χ2n) is 7.36. The first-order valence-corrected chi connectivity index (χ1v) is 10.1. The SMILES string of the molecule is Cc1ccccc1-c1ccc(C(=O)O)nc1-c1ccc(Cl)c(OCCCN(C)C)c1. The van der Waals surface area contributed by atoms with Crippen molar-refractivity contribution in [2.45, 2.75) is 13.3 Å². The summed E-state index contributed by atoms with van der Waals surface area (Å²) < 4.78 is 5.89. The summed E-state index contributed by atoms with van der Waals surface area (Å²) in [6, 6.07) is 16.7. The number of nitrogens with zero attached hydrogens (tertiary/aromatic N) is 2. The second kappa shape index (κ2) is 9.74. The molecule has 2 aromatic carbocycles.